The maximum absolute atomic E-state index is 12.6. The van der Waals surface area contributed by atoms with E-state index in [0.29, 0.717) is 19.7 Å². The van der Waals surface area contributed by atoms with Crippen molar-refractivity contribution >= 4 is 5.91 Å². The van der Waals surface area contributed by atoms with E-state index in [1.165, 1.54) is 18.3 Å². The molecular weight excluding hydrogens is 313 g/mol. The first-order valence-corrected chi connectivity index (χ1v) is 7.33. The second-order valence-electron chi connectivity index (χ2n) is 5.47. The highest BCUT2D eigenvalue weighted by Gasteiger charge is 2.31. The number of hydrogen-bond acceptors (Lipinski definition) is 4. The second kappa shape index (κ2) is 7.63. The lowest BCUT2D eigenvalue weighted by Crippen LogP contribution is -2.41. The Hall–Kier alpha value is -1.83. The summed E-state index contributed by atoms with van der Waals surface area (Å²) >= 11 is 0. The van der Waals surface area contributed by atoms with Gasteiger partial charge in [0.2, 0.25) is 0 Å². The topological polar surface area (TPSA) is 51.7 Å². The van der Waals surface area contributed by atoms with Crippen molar-refractivity contribution in [3.05, 3.63) is 24.0 Å². The van der Waals surface area contributed by atoms with E-state index in [1.54, 1.807) is 12.0 Å². The Bertz CT molecular complexity index is 535. The molecule has 2 rings (SSSR count). The lowest BCUT2D eigenvalue weighted by atomic mass is 9.98. The average molecular weight is 332 g/mol. The van der Waals surface area contributed by atoms with Crippen molar-refractivity contribution in [3.8, 4) is 5.75 Å². The van der Waals surface area contributed by atoms with E-state index in [0.717, 1.165) is 12.8 Å². The van der Waals surface area contributed by atoms with E-state index in [9.17, 15) is 18.0 Å². The van der Waals surface area contributed by atoms with E-state index >= 15 is 0 Å². The van der Waals surface area contributed by atoms with Crippen LogP contribution in [0.3, 0.4) is 0 Å². The fourth-order valence-electron chi connectivity index (χ4n) is 2.60. The number of halogens is 3. The zero-order valence-corrected chi connectivity index (χ0v) is 12.8. The molecule has 1 aromatic heterocycles. The number of alkyl halides is 3. The number of aromatic nitrogens is 1. The first kappa shape index (κ1) is 17.5. The van der Waals surface area contributed by atoms with Gasteiger partial charge in [0.05, 0.1) is 6.61 Å². The zero-order valence-electron chi connectivity index (χ0n) is 12.8. The quantitative estimate of drug-likeness (QED) is 0.831. The van der Waals surface area contributed by atoms with Gasteiger partial charge in [0.15, 0.2) is 18.1 Å². The van der Waals surface area contributed by atoms with Gasteiger partial charge in [-0.2, -0.15) is 13.2 Å². The molecule has 0 saturated carbocycles. The van der Waals surface area contributed by atoms with Crippen molar-refractivity contribution in [2.45, 2.75) is 19.0 Å². The molecule has 1 aromatic rings. The van der Waals surface area contributed by atoms with Crippen molar-refractivity contribution < 1.29 is 27.4 Å². The van der Waals surface area contributed by atoms with Gasteiger partial charge < -0.3 is 14.4 Å². The van der Waals surface area contributed by atoms with Gasteiger partial charge in [-0.1, -0.05) is 0 Å². The molecule has 1 aliphatic rings. The van der Waals surface area contributed by atoms with E-state index in [-0.39, 0.29) is 17.4 Å². The molecule has 23 heavy (non-hydrogen) atoms. The number of nitrogens with zero attached hydrogens (tertiary/aromatic N) is 2. The Morgan fingerprint density at radius 2 is 2.26 bits per heavy atom. The maximum Gasteiger partial charge on any atom is 0.422 e. The van der Waals surface area contributed by atoms with Gasteiger partial charge in [0, 0.05) is 26.4 Å². The molecule has 8 heteroatoms. The Balaban J connectivity index is 2.09. The van der Waals surface area contributed by atoms with Crippen LogP contribution in [0, 0.1) is 5.92 Å². The van der Waals surface area contributed by atoms with Crippen LogP contribution in [-0.4, -0.2) is 55.4 Å². The van der Waals surface area contributed by atoms with Gasteiger partial charge in [0.1, 0.15) is 0 Å². The van der Waals surface area contributed by atoms with Crippen LogP contribution in [0.5, 0.6) is 5.75 Å². The van der Waals surface area contributed by atoms with E-state index in [4.69, 9.17) is 9.47 Å². The Morgan fingerprint density at radius 1 is 1.48 bits per heavy atom. The minimum Gasteiger partial charge on any atom is -0.482 e. The summed E-state index contributed by atoms with van der Waals surface area (Å²) in [6.45, 7) is 0.144. The molecule has 0 radical (unpaired) electrons. The number of amides is 1. The lowest BCUT2D eigenvalue weighted by molar-refractivity contribution is -0.153. The molecule has 2 heterocycles. The van der Waals surface area contributed by atoms with Crippen LogP contribution in [0.25, 0.3) is 0 Å². The third-order valence-electron chi connectivity index (χ3n) is 3.57. The second-order valence-corrected chi connectivity index (χ2v) is 5.47. The van der Waals surface area contributed by atoms with E-state index < -0.39 is 18.7 Å². The molecule has 0 unspecified atom stereocenters. The van der Waals surface area contributed by atoms with Crippen LogP contribution in [-0.2, 0) is 4.74 Å². The predicted octanol–water partition coefficient (Wildman–Crippen LogP) is 2.52. The number of hydrogen-bond donors (Lipinski definition) is 0. The third-order valence-corrected chi connectivity index (χ3v) is 3.57. The molecule has 1 fully saturated rings. The van der Waals surface area contributed by atoms with Crippen LogP contribution in [0.15, 0.2) is 18.3 Å². The number of ether oxygens (including phenoxy) is 2. The summed E-state index contributed by atoms with van der Waals surface area (Å²) in [6, 6.07) is 2.76. The largest absolute Gasteiger partial charge is 0.482 e. The first-order chi connectivity index (χ1) is 10.9. The van der Waals surface area contributed by atoms with Crippen LogP contribution >= 0.6 is 0 Å². The van der Waals surface area contributed by atoms with Crippen molar-refractivity contribution in [1.82, 2.24) is 9.88 Å². The summed E-state index contributed by atoms with van der Waals surface area (Å²) in [5.41, 5.74) is -0.0881. The number of pyridine rings is 1. The van der Waals surface area contributed by atoms with Crippen LogP contribution < -0.4 is 4.74 Å². The lowest BCUT2D eigenvalue weighted by Gasteiger charge is -2.32. The number of carbonyl (C=O) groups excluding carboxylic acids is 1. The van der Waals surface area contributed by atoms with Crippen molar-refractivity contribution in [2.24, 2.45) is 5.92 Å². The number of rotatable bonds is 5. The predicted molar refractivity (Wildman–Crippen MR) is 76.3 cm³/mol. The number of likely N-dealkylation sites (tertiary alicyclic amines) is 1. The molecule has 1 atom stereocenters. The standard InChI is InChI=1S/C15H19F3N2O3/c1-22-9-11-4-3-7-20(8-11)14(21)13-12(5-2-6-19-13)23-10-15(16,17)18/h2,5-6,11H,3-4,7-10H2,1H3/t11-/m0/s1. The van der Waals surface area contributed by atoms with Gasteiger partial charge >= 0.3 is 6.18 Å². The molecule has 0 aromatic carbocycles. The summed E-state index contributed by atoms with van der Waals surface area (Å²) in [5, 5.41) is 0. The molecular formula is C15H19F3N2O3. The van der Waals surface area contributed by atoms with E-state index in [2.05, 4.69) is 4.98 Å². The molecule has 5 nitrogen and oxygen atoms in total. The first-order valence-electron chi connectivity index (χ1n) is 7.33. The minimum absolute atomic E-state index is 0.0881. The third kappa shape index (κ3) is 5.09. The van der Waals surface area contributed by atoms with Gasteiger partial charge in [-0.25, -0.2) is 4.98 Å². The highest BCUT2D eigenvalue weighted by Crippen LogP contribution is 2.24. The minimum atomic E-state index is -4.47. The molecule has 0 spiro atoms. The Morgan fingerprint density at radius 3 is 2.96 bits per heavy atom. The van der Waals surface area contributed by atoms with Crippen LogP contribution in [0.4, 0.5) is 13.2 Å². The summed E-state index contributed by atoms with van der Waals surface area (Å²) in [5.74, 6) is -0.340. The average Bonchev–Trinajstić information content (AvgIpc) is 2.52. The van der Waals surface area contributed by atoms with Gasteiger partial charge in [0.25, 0.3) is 5.91 Å². The highest BCUT2D eigenvalue weighted by atomic mass is 19.4. The SMILES string of the molecule is COC[C@H]1CCCN(C(=O)c2ncccc2OCC(F)(F)F)C1. The fourth-order valence-corrected chi connectivity index (χ4v) is 2.60. The molecule has 1 amide bonds. The monoisotopic (exact) mass is 332 g/mol. The van der Waals surface area contributed by atoms with E-state index in [1.807, 2.05) is 0 Å². The molecule has 128 valence electrons. The molecule has 0 N–H and O–H groups in total. The number of methoxy groups -OCH3 is 1. The number of piperidine rings is 1. The summed E-state index contributed by atoms with van der Waals surface area (Å²) in [6.07, 6.45) is -1.32. The smallest absolute Gasteiger partial charge is 0.422 e. The molecule has 1 saturated heterocycles. The summed E-state index contributed by atoms with van der Waals surface area (Å²) in [7, 11) is 1.60. The normalized spacial score (nSPS) is 18.8. The van der Waals surface area contributed by atoms with Crippen molar-refractivity contribution in [1.29, 1.82) is 0 Å². The van der Waals surface area contributed by atoms with Crippen molar-refractivity contribution in [3.63, 3.8) is 0 Å². The fraction of sp³-hybridized carbons (Fsp3) is 0.600. The highest BCUT2D eigenvalue weighted by molar-refractivity contribution is 5.95. The molecule has 0 bridgehead atoms. The van der Waals surface area contributed by atoms with Crippen LogP contribution in [0.1, 0.15) is 23.3 Å². The molecule has 0 aliphatic carbocycles. The van der Waals surface area contributed by atoms with Crippen LogP contribution in [0.2, 0.25) is 0 Å². The van der Waals surface area contributed by atoms with Gasteiger partial charge in [-0.3, -0.25) is 4.79 Å². The molecule has 1 aliphatic heterocycles. The number of carbonyl (C=O) groups is 1. The Labute approximate surface area is 132 Å². The van der Waals surface area contributed by atoms with Crippen molar-refractivity contribution in [2.75, 3.05) is 33.4 Å². The zero-order chi connectivity index (χ0) is 16.9. The summed E-state index contributed by atoms with van der Waals surface area (Å²) < 4.78 is 46.8. The Kier molecular flexibility index (Phi) is 5.81. The summed E-state index contributed by atoms with van der Waals surface area (Å²) in [4.78, 5) is 18.1. The van der Waals surface area contributed by atoms with Gasteiger partial charge in [-0.15, -0.1) is 0 Å². The maximum atomic E-state index is 12.6. The van der Waals surface area contributed by atoms with Gasteiger partial charge in [-0.05, 0) is 30.9 Å².